The van der Waals surface area contributed by atoms with E-state index < -0.39 is 5.97 Å². The zero-order valence-electron chi connectivity index (χ0n) is 13.5. The third-order valence-electron chi connectivity index (χ3n) is 2.95. The van der Waals surface area contributed by atoms with Crippen LogP contribution in [0.15, 0.2) is 29.5 Å². The van der Waals surface area contributed by atoms with Crippen LogP contribution in [0.25, 0.3) is 0 Å². The molecule has 128 valence electrons. The van der Waals surface area contributed by atoms with Crippen molar-refractivity contribution in [2.75, 3.05) is 14.2 Å². The number of ether oxygens (including phenoxy) is 2. The van der Waals surface area contributed by atoms with Crippen LogP contribution in [0.4, 0.5) is 5.95 Å². The highest BCUT2D eigenvalue weighted by atomic mass is 16.7. The highest BCUT2D eigenvalue weighted by Crippen LogP contribution is 2.29. The quantitative estimate of drug-likeness (QED) is 0.466. The third kappa shape index (κ3) is 4.12. The van der Waals surface area contributed by atoms with Crippen molar-refractivity contribution in [1.29, 1.82) is 0 Å². The van der Waals surface area contributed by atoms with E-state index in [2.05, 4.69) is 20.2 Å². The lowest BCUT2D eigenvalue weighted by atomic mass is 10.1. The van der Waals surface area contributed by atoms with E-state index in [-0.39, 0.29) is 18.5 Å². The molecule has 24 heavy (non-hydrogen) atoms. The number of guanidine groups is 1. The smallest absolute Gasteiger partial charge is 0.329 e. The molecule has 1 heterocycles. The molecular formula is C14H18N6O4. The first kappa shape index (κ1) is 17.1. The molecular weight excluding hydrogens is 316 g/mol. The summed E-state index contributed by atoms with van der Waals surface area (Å²) in [6.45, 7) is 1.32. The minimum absolute atomic E-state index is 0.0657. The summed E-state index contributed by atoms with van der Waals surface area (Å²) < 4.78 is 10.6. The Hall–Kier alpha value is -3.30. The first-order chi connectivity index (χ1) is 11.5. The van der Waals surface area contributed by atoms with Gasteiger partial charge in [0.1, 0.15) is 17.8 Å². The fraction of sp³-hybridized carbons (Fsp3) is 0.286. The number of hydroxylamine groups is 2. The fourth-order valence-electron chi connectivity index (χ4n) is 1.96. The first-order valence-electron chi connectivity index (χ1n) is 6.90. The lowest BCUT2D eigenvalue weighted by Crippen LogP contribution is -2.38. The summed E-state index contributed by atoms with van der Waals surface area (Å²) in [5, 5.41) is 7.33. The van der Waals surface area contributed by atoms with Gasteiger partial charge in [0.25, 0.3) is 0 Å². The molecule has 1 aromatic heterocycles. The fourth-order valence-corrected chi connectivity index (χ4v) is 1.96. The Labute approximate surface area is 138 Å². The van der Waals surface area contributed by atoms with Gasteiger partial charge in [0.2, 0.25) is 11.9 Å². The molecule has 10 nitrogen and oxygen atoms in total. The Morgan fingerprint density at radius 2 is 2.00 bits per heavy atom. The van der Waals surface area contributed by atoms with E-state index in [0.29, 0.717) is 17.1 Å². The number of methoxy groups -OCH3 is 2. The average Bonchev–Trinajstić information content (AvgIpc) is 3.06. The maximum Gasteiger partial charge on any atom is 0.329 e. The number of carbonyl (C=O) groups excluding carboxylic acids is 1. The van der Waals surface area contributed by atoms with E-state index in [1.54, 1.807) is 18.2 Å². The van der Waals surface area contributed by atoms with Gasteiger partial charge < -0.3 is 20.0 Å². The molecule has 0 saturated carbocycles. The summed E-state index contributed by atoms with van der Waals surface area (Å²) in [5.41, 5.74) is 6.56. The molecule has 2 aromatic rings. The number of hydrogen-bond donors (Lipinski definition) is 2. The summed E-state index contributed by atoms with van der Waals surface area (Å²) in [5.74, 6) is 0.643. The molecule has 3 N–H and O–H groups in total. The van der Waals surface area contributed by atoms with Crippen molar-refractivity contribution in [3.63, 3.8) is 0 Å². The Balaban J connectivity index is 2.34. The standard InChI is InChI=1S/C14H18N6O4/c1-9(21)24-20(13(15)18-14-16-8-17-19-14)7-10-11(22-2)5-4-6-12(10)23-3/h4-6,8H,7H2,1-3H3,(H3,15,16,17,18,19). The Morgan fingerprint density at radius 1 is 1.33 bits per heavy atom. The van der Waals surface area contributed by atoms with Crippen LogP contribution < -0.4 is 15.2 Å². The summed E-state index contributed by atoms with van der Waals surface area (Å²) in [6, 6.07) is 5.30. The lowest BCUT2D eigenvalue weighted by Gasteiger charge is -2.23. The van der Waals surface area contributed by atoms with Crippen LogP contribution in [0.2, 0.25) is 0 Å². The second-order valence-corrected chi connectivity index (χ2v) is 4.54. The van der Waals surface area contributed by atoms with E-state index in [9.17, 15) is 4.79 Å². The zero-order chi connectivity index (χ0) is 17.5. The van der Waals surface area contributed by atoms with Crippen molar-refractivity contribution < 1.29 is 19.1 Å². The summed E-state index contributed by atoms with van der Waals surface area (Å²) in [6.07, 6.45) is 1.28. The van der Waals surface area contributed by atoms with Crippen LogP contribution in [0, 0.1) is 0 Å². The van der Waals surface area contributed by atoms with Gasteiger partial charge >= 0.3 is 5.97 Å². The number of nitrogens with one attached hydrogen (secondary N) is 1. The maximum atomic E-state index is 11.4. The number of nitrogens with two attached hydrogens (primary N) is 1. The van der Waals surface area contributed by atoms with Gasteiger partial charge in [-0.2, -0.15) is 20.1 Å². The number of H-pyrrole nitrogens is 1. The minimum atomic E-state index is -0.556. The SMILES string of the molecule is COc1cccc(OC)c1CN(OC(C)=O)/C(N)=N/c1ncn[nH]1. The van der Waals surface area contributed by atoms with Crippen LogP contribution in [0.1, 0.15) is 12.5 Å². The number of hydrogen-bond acceptors (Lipinski definition) is 7. The van der Waals surface area contributed by atoms with Gasteiger partial charge in [-0.3, -0.25) is 4.79 Å². The Morgan fingerprint density at radius 3 is 2.50 bits per heavy atom. The van der Waals surface area contributed by atoms with Gasteiger partial charge in [-0.05, 0) is 12.1 Å². The molecule has 0 radical (unpaired) electrons. The monoisotopic (exact) mass is 334 g/mol. The number of carbonyl (C=O) groups is 1. The van der Waals surface area contributed by atoms with E-state index in [0.717, 1.165) is 5.06 Å². The average molecular weight is 334 g/mol. The number of rotatable bonds is 5. The van der Waals surface area contributed by atoms with E-state index in [1.165, 1.54) is 27.5 Å². The van der Waals surface area contributed by atoms with Crippen LogP contribution in [-0.4, -0.2) is 46.4 Å². The van der Waals surface area contributed by atoms with Crippen molar-refractivity contribution in [2.24, 2.45) is 10.7 Å². The van der Waals surface area contributed by atoms with Crippen molar-refractivity contribution >= 4 is 17.9 Å². The second-order valence-electron chi connectivity index (χ2n) is 4.54. The molecule has 0 fully saturated rings. The summed E-state index contributed by atoms with van der Waals surface area (Å²) in [4.78, 5) is 24.4. The van der Waals surface area contributed by atoms with Gasteiger partial charge in [-0.25, -0.2) is 5.10 Å². The van der Waals surface area contributed by atoms with Crippen molar-refractivity contribution in [3.05, 3.63) is 30.1 Å². The minimum Gasteiger partial charge on any atom is -0.496 e. The molecule has 1 aromatic carbocycles. The predicted molar refractivity (Wildman–Crippen MR) is 84.5 cm³/mol. The highest BCUT2D eigenvalue weighted by molar-refractivity contribution is 5.81. The molecule has 0 amide bonds. The molecule has 0 aliphatic heterocycles. The number of aliphatic imine (C=N–C) groups is 1. The van der Waals surface area contributed by atoms with Crippen molar-refractivity contribution in [2.45, 2.75) is 13.5 Å². The van der Waals surface area contributed by atoms with Crippen LogP contribution in [0.5, 0.6) is 11.5 Å². The van der Waals surface area contributed by atoms with Crippen LogP contribution in [-0.2, 0) is 16.2 Å². The third-order valence-corrected chi connectivity index (χ3v) is 2.95. The van der Waals surface area contributed by atoms with Crippen LogP contribution in [0.3, 0.4) is 0 Å². The number of nitrogens with zero attached hydrogens (tertiary/aromatic N) is 4. The molecule has 0 bridgehead atoms. The molecule has 0 unspecified atom stereocenters. The van der Waals surface area contributed by atoms with Crippen molar-refractivity contribution in [3.8, 4) is 11.5 Å². The summed E-state index contributed by atoms with van der Waals surface area (Å²) >= 11 is 0. The van der Waals surface area contributed by atoms with Crippen LogP contribution >= 0.6 is 0 Å². The topological polar surface area (TPSA) is 128 Å². The first-order valence-corrected chi connectivity index (χ1v) is 6.90. The van der Waals surface area contributed by atoms with E-state index >= 15 is 0 Å². The largest absolute Gasteiger partial charge is 0.496 e. The molecule has 0 spiro atoms. The Kier molecular flexibility index (Phi) is 5.55. The molecule has 2 rings (SSSR count). The van der Waals surface area contributed by atoms with E-state index in [4.69, 9.17) is 20.0 Å². The van der Waals surface area contributed by atoms with E-state index in [1.807, 2.05) is 0 Å². The predicted octanol–water partition coefficient (Wildman–Crippen LogP) is 0.748. The van der Waals surface area contributed by atoms with Crippen molar-refractivity contribution in [1.82, 2.24) is 20.2 Å². The van der Waals surface area contributed by atoms with Gasteiger partial charge in [-0.1, -0.05) is 6.07 Å². The van der Waals surface area contributed by atoms with Gasteiger partial charge in [0, 0.05) is 6.92 Å². The lowest BCUT2D eigenvalue weighted by molar-refractivity contribution is -0.172. The molecule has 0 saturated heterocycles. The number of aromatic nitrogens is 3. The molecule has 0 aliphatic carbocycles. The van der Waals surface area contributed by atoms with Gasteiger partial charge in [-0.15, -0.1) is 0 Å². The number of aromatic amines is 1. The molecule has 10 heteroatoms. The maximum absolute atomic E-state index is 11.4. The van der Waals surface area contributed by atoms with Gasteiger partial charge in [0.05, 0.1) is 26.3 Å². The highest BCUT2D eigenvalue weighted by Gasteiger charge is 2.19. The number of benzene rings is 1. The second kappa shape index (κ2) is 7.81. The Bertz CT molecular complexity index is 694. The zero-order valence-corrected chi connectivity index (χ0v) is 13.5. The summed E-state index contributed by atoms with van der Waals surface area (Å²) in [7, 11) is 3.06. The normalized spacial score (nSPS) is 11.0. The van der Waals surface area contributed by atoms with Gasteiger partial charge in [0.15, 0.2) is 0 Å². The molecule has 0 aliphatic rings. The molecule has 0 atom stereocenters.